The quantitative estimate of drug-likeness (QED) is 0.577. The van der Waals surface area contributed by atoms with Crippen LogP contribution in [0.4, 0.5) is 4.39 Å². The lowest BCUT2D eigenvalue weighted by Crippen LogP contribution is -2.41. The minimum absolute atomic E-state index is 0.169. The third-order valence-corrected chi connectivity index (χ3v) is 5.69. The molecule has 1 aromatic carbocycles. The number of carbonyl (C=O) groups excluding carboxylic acids is 1. The molecule has 1 amide bonds. The molecule has 0 aromatic heterocycles. The largest absolute Gasteiger partial charge is 0.317 e. The summed E-state index contributed by atoms with van der Waals surface area (Å²) in [6.07, 6.45) is 4.33. The number of carbonyl (C=O) groups is 1. The lowest BCUT2D eigenvalue weighted by Gasteiger charge is -2.38. The highest BCUT2D eigenvalue weighted by Crippen LogP contribution is 2.31. The first kappa shape index (κ1) is 18.3. The second-order valence-electron chi connectivity index (χ2n) is 7.69. The monoisotopic (exact) mass is 349 g/mol. The van der Waals surface area contributed by atoms with Gasteiger partial charge in [0.05, 0.1) is 0 Å². The minimum Gasteiger partial charge on any atom is -0.317 e. The third kappa shape index (κ3) is 4.19. The highest BCUT2D eigenvalue weighted by molar-refractivity contribution is 5.93. The van der Waals surface area contributed by atoms with Crippen molar-refractivity contribution in [2.45, 2.75) is 45.2 Å². The highest BCUT2D eigenvalue weighted by Gasteiger charge is 2.29. The smallest absolute Gasteiger partial charge is 0.274 e. The van der Waals surface area contributed by atoms with Crippen molar-refractivity contribution in [2.24, 2.45) is 11.8 Å². The van der Waals surface area contributed by atoms with Gasteiger partial charge in [0.1, 0.15) is 5.82 Å². The van der Waals surface area contributed by atoms with Crippen molar-refractivity contribution < 1.29 is 14.4 Å². The standard InChI is InChI=1S/C19H28FN3O2/c1-12-5-13(7-16(6-12)21-2)10-23-4-3-17-15(11-23)8-14(9-18(17)20)19(24)22-25/h8-9,12-13,16,21,25H,3-7,10-11H2,1-2H3,(H,22,24). The fraction of sp³-hybridized carbons (Fsp3) is 0.632. The molecule has 5 nitrogen and oxygen atoms in total. The van der Waals surface area contributed by atoms with Crippen LogP contribution in [0.25, 0.3) is 0 Å². The molecule has 1 aliphatic carbocycles. The van der Waals surface area contributed by atoms with Crippen LogP contribution < -0.4 is 10.8 Å². The molecule has 0 radical (unpaired) electrons. The minimum atomic E-state index is -0.670. The fourth-order valence-corrected chi connectivity index (χ4v) is 4.55. The van der Waals surface area contributed by atoms with Gasteiger partial charge >= 0.3 is 0 Å². The summed E-state index contributed by atoms with van der Waals surface area (Å²) in [5.41, 5.74) is 3.32. The van der Waals surface area contributed by atoms with Gasteiger partial charge in [0.25, 0.3) is 5.91 Å². The molecule has 1 aliphatic heterocycles. The molecule has 3 rings (SSSR count). The van der Waals surface area contributed by atoms with E-state index in [1.807, 2.05) is 7.05 Å². The van der Waals surface area contributed by atoms with E-state index in [0.717, 1.165) is 24.6 Å². The molecule has 25 heavy (non-hydrogen) atoms. The molecule has 1 heterocycles. The zero-order valence-electron chi connectivity index (χ0n) is 15.0. The SMILES string of the molecule is CNC1CC(C)CC(CN2CCc3c(F)cc(C(=O)NO)cc3C2)C1. The molecule has 1 saturated carbocycles. The molecule has 138 valence electrons. The van der Waals surface area contributed by atoms with Crippen molar-refractivity contribution in [2.75, 3.05) is 20.1 Å². The molecule has 3 unspecified atom stereocenters. The van der Waals surface area contributed by atoms with Gasteiger partial charge in [-0.15, -0.1) is 0 Å². The number of hydroxylamine groups is 1. The number of benzene rings is 1. The topological polar surface area (TPSA) is 64.6 Å². The summed E-state index contributed by atoms with van der Waals surface area (Å²) in [7, 11) is 2.04. The van der Waals surface area contributed by atoms with Crippen molar-refractivity contribution in [3.8, 4) is 0 Å². The Bertz CT molecular complexity index is 637. The second kappa shape index (κ2) is 7.81. The maximum atomic E-state index is 14.3. The van der Waals surface area contributed by atoms with Gasteiger partial charge in [-0.25, -0.2) is 9.87 Å². The number of nitrogens with one attached hydrogen (secondary N) is 2. The molecular weight excluding hydrogens is 321 g/mol. The molecular formula is C19H28FN3O2. The summed E-state index contributed by atoms with van der Waals surface area (Å²) < 4.78 is 14.3. The van der Waals surface area contributed by atoms with Crippen LogP contribution in [0.15, 0.2) is 12.1 Å². The first-order valence-electron chi connectivity index (χ1n) is 9.15. The Hall–Kier alpha value is -1.50. The average molecular weight is 349 g/mol. The van der Waals surface area contributed by atoms with Crippen molar-refractivity contribution in [1.29, 1.82) is 0 Å². The molecule has 2 aliphatic rings. The van der Waals surface area contributed by atoms with Crippen molar-refractivity contribution in [3.05, 3.63) is 34.6 Å². The van der Waals surface area contributed by atoms with Crippen LogP contribution in [0.1, 0.15) is 47.7 Å². The normalized spacial score (nSPS) is 27.0. The van der Waals surface area contributed by atoms with Gasteiger partial charge in [-0.05, 0) is 67.8 Å². The molecule has 3 N–H and O–H groups in total. The molecule has 0 saturated heterocycles. The first-order chi connectivity index (χ1) is 12.0. The summed E-state index contributed by atoms with van der Waals surface area (Å²) in [6, 6.07) is 3.50. The Morgan fingerprint density at radius 2 is 2.16 bits per heavy atom. The third-order valence-electron chi connectivity index (χ3n) is 5.69. The second-order valence-corrected chi connectivity index (χ2v) is 7.69. The first-order valence-corrected chi connectivity index (χ1v) is 9.15. The van der Waals surface area contributed by atoms with E-state index in [1.165, 1.54) is 25.3 Å². The van der Waals surface area contributed by atoms with Gasteiger partial charge in [-0.1, -0.05) is 6.92 Å². The van der Waals surface area contributed by atoms with E-state index in [0.29, 0.717) is 30.5 Å². The summed E-state index contributed by atoms with van der Waals surface area (Å²) in [4.78, 5) is 14.0. The van der Waals surface area contributed by atoms with Crippen LogP contribution in [-0.4, -0.2) is 42.2 Å². The average Bonchev–Trinajstić information content (AvgIpc) is 2.60. The molecule has 6 heteroatoms. The highest BCUT2D eigenvalue weighted by atomic mass is 19.1. The van der Waals surface area contributed by atoms with Gasteiger partial charge in [0.2, 0.25) is 0 Å². The lowest BCUT2D eigenvalue weighted by molar-refractivity contribution is 0.0705. The van der Waals surface area contributed by atoms with E-state index in [2.05, 4.69) is 17.1 Å². The van der Waals surface area contributed by atoms with Crippen LogP contribution >= 0.6 is 0 Å². The number of fused-ring (bicyclic) bond motifs is 1. The van der Waals surface area contributed by atoms with Gasteiger partial charge in [0.15, 0.2) is 0 Å². The fourth-order valence-electron chi connectivity index (χ4n) is 4.55. The zero-order valence-corrected chi connectivity index (χ0v) is 15.0. The van der Waals surface area contributed by atoms with E-state index in [9.17, 15) is 9.18 Å². The van der Waals surface area contributed by atoms with Crippen molar-refractivity contribution in [3.63, 3.8) is 0 Å². The Morgan fingerprint density at radius 3 is 2.88 bits per heavy atom. The van der Waals surface area contributed by atoms with Gasteiger partial charge < -0.3 is 5.32 Å². The number of halogens is 1. The van der Waals surface area contributed by atoms with E-state index < -0.39 is 5.91 Å². The molecule has 1 fully saturated rings. The van der Waals surface area contributed by atoms with E-state index in [4.69, 9.17) is 5.21 Å². The maximum absolute atomic E-state index is 14.3. The number of amides is 1. The molecule has 1 aromatic rings. The van der Waals surface area contributed by atoms with E-state index in [-0.39, 0.29) is 11.4 Å². The van der Waals surface area contributed by atoms with Crippen molar-refractivity contribution in [1.82, 2.24) is 15.7 Å². The summed E-state index contributed by atoms with van der Waals surface area (Å²) in [5.74, 6) is 0.358. The van der Waals surface area contributed by atoms with Gasteiger partial charge in [0, 0.05) is 31.2 Å². The van der Waals surface area contributed by atoms with E-state index in [1.54, 1.807) is 11.5 Å². The van der Waals surface area contributed by atoms with Crippen LogP contribution in [0.2, 0.25) is 0 Å². The Kier molecular flexibility index (Phi) is 5.71. The number of hydrogen-bond acceptors (Lipinski definition) is 4. The summed E-state index contributed by atoms with van der Waals surface area (Å²) in [5, 5.41) is 12.2. The predicted octanol–water partition coefficient (Wildman–Crippen LogP) is 2.33. The molecule has 3 atom stereocenters. The summed E-state index contributed by atoms with van der Waals surface area (Å²) >= 11 is 0. The van der Waals surface area contributed by atoms with Gasteiger partial charge in [-0.3, -0.25) is 14.9 Å². The van der Waals surface area contributed by atoms with Gasteiger partial charge in [-0.2, -0.15) is 0 Å². The van der Waals surface area contributed by atoms with Crippen LogP contribution in [0.3, 0.4) is 0 Å². The Balaban J connectivity index is 1.70. The van der Waals surface area contributed by atoms with Crippen molar-refractivity contribution >= 4 is 5.91 Å². The number of rotatable bonds is 4. The Morgan fingerprint density at radius 1 is 1.36 bits per heavy atom. The Labute approximate surface area is 148 Å². The molecule has 0 spiro atoms. The van der Waals surface area contributed by atoms with Crippen LogP contribution in [-0.2, 0) is 13.0 Å². The molecule has 0 bridgehead atoms. The van der Waals surface area contributed by atoms with E-state index >= 15 is 0 Å². The number of nitrogens with zero attached hydrogens (tertiary/aromatic N) is 1. The summed E-state index contributed by atoms with van der Waals surface area (Å²) in [6.45, 7) is 4.84. The predicted molar refractivity (Wildman–Crippen MR) is 94.0 cm³/mol. The van der Waals surface area contributed by atoms with Crippen LogP contribution in [0.5, 0.6) is 0 Å². The number of hydrogen-bond donors (Lipinski definition) is 3. The maximum Gasteiger partial charge on any atom is 0.274 e. The lowest BCUT2D eigenvalue weighted by atomic mass is 9.79. The zero-order chi connectivity index (χ0) is 18.0. The van der Waals surface area contributed by atoms with Crippen LogP contribution in [0, 0.1) is 17.7 Å².